The molecule has 0 spiro atoms. The Kier molecular flexibility index (Phi) is 8.85. The highest BCUT2D eigenvalue weighted by atomic mass is 32.2. The van der Waals surface area contributed by atoms with Crippen LogP contribution < -0.4 is 15.5 Å². The molecule has 0 aliphatic carbocycles. The molecule has 0 saturated carbocycles. The molecule has 1 heterocycles. The fourth-order valence-electron chi connectivity index (χ4n) is 3.06. The predicted octanol–water partition coefficient (Wildman–Crippen LogP) is 4.53. The number of nitrogens with one attached hydrogen (secondary N) is 2. The number of thioether (sulfide) groups is 1. The third kappa shape index (κ3) is 7.03. The number of hydrogen-bond donors (Lipinski definition) is 2. The van der Waals surface area contributed by atoms with E-state index in [-0.39, 0.29) is 23.5 Å². The van der Waals surface area contributed by atoms with Crippen molar-refractivity contribution in [2.45, 2.75) is 31.2 Å². The van der Waals surface area contributed by atoms with Gasteiger partial charge in [0.15, 0.2) is 0 Å². The molecule has 0 fully saturated rings. The maximum Gasteiger partial charge on any atom is 0.249 e. The Balaban J connectivity index is 1.62. The summed E-state index contributed by atoms with van der Waals surface area (Å²) < 4.78 is 0. The molecule has 2 atom stereocenters. The summed E-state index contributed by atoms with van der Waals surface area (Å²) >= 11 is 2.75. The lowest BCUT2D eigenvalue weighted by Gasteiger charge is -2.22. The van der Waals surface area contributed by atoms with Crippen molar-refractivity contribution in [2.75, 3.05) is 30.1 Å². The van der Waals surface area contributed by atoms with Crippen LogP contribution in [0, 0.1) is 5.92 Å². The van der Waals surface area contributed by atoms with Gasteiger partial charge in [0.05, 0.1) is 5.75 Å². The van der Waals surface area contributed by atoms with E-state index in [2.05, 4.69) is 20.8 Å². The molecule has 2 N–H and O–H groups in total. The van der Waals surface area contributed by atoms with Gasteiger partial charge in [-0.3, -0.25) is 14.9 Å². The molecule has 0 saturated heterocycles. The number of hydrogen-bond acceptors (Lipinski definition) is 7. The normalized spacial score (nSPS) is 12.6. The molecule has 0 aliphatic heterocycles. The third-order valence-electron chi connectivity index (χ3n) is 5.21. The number of rotatable bonds is 10. The largest absolute Gasteiger partial charge is 0.378 e. The minimum absolute atomic E-state index is 0.0263. The highest BCUT2D eigenvalue weighted by molar-refractivity contribution is 8.00. The molecule has 0 bridgehead atoms. The van der Waals surface area contributed by atoms with Gasteiger partial charge in [0.1, 0.15) is 11.0 Å². The quantitative estimate of drug-likeness (QED) is 0.412. The summed E-state index contributed by atoms with van der Waals surface area (Å²) in [5, 5.41) is 15.2. The lowest BCUT2D eigenvalue weighted by atomic mass is 9.98. The Morgan fingerprint density at radius 2 is 1.76 bits per heavy atom. The molecular weight excluding hydrogens is 454 g/mol. The van der Waals surface area contributed by atoms with Gasteiger partial charge in [-0.15, -0.1) is 22.0 Å². The van der Waals surface area contributed by atoms with Gasteiger partial charge in [-0.1, -0.05) is 49.8 Å². The maximum atomic E-state index is 13.0. The standard InChI is InChI=1S/C24H29N5O2S2/c1-5-16(2)21(25-20(30)15-32-19-9-7-6-8-10-19)22(31)26-24-28-27-23(33-24)17-11-13-18(14-12-17)29(3)4/h6-14,16,21H,5,15H2,1-4H3,(H,25,30)(H,26,28,31). The Hall–Kier alpha value is -2.91. The van der Waals surface area contributed by atoms with E-state index in [1.165, 1.54) is 23.1 Å². The number of carbonyl (C=O) groups excluding carboxylic acids is 2. The van der Waals surface area contributed by atoms with Crippen LogP contribution in [0.15, 0.2) is 59.5 Å². The van der Waals surface area contributed by atoms with E-state index >= 15 is 0 Å². The second-order valence-electron chi connectivity index (χ2n) is 7.88. The van der Waals surface area contributed by atoms with Crippen molar-refractivity contribution in [2.24, 2.45) is 5.92 Å². The van der Waals surface area contributed by atoms with Gasteiger partial charge >= 0.3 is 0 Å². The molecule has 174 valence electrons. The van der Waals surface area contributed by atoms with Crippen LogP contribution in [0.3, 0.4) is 0 Å². The van der Waals surface area contributed by atoms with Gasteiger partial charge in [-0.25, -0.2) is 0 Å². The molecule has 7 nitrogen and oxygen atoms in total. The van der Waals surface area contributed by atoms with Crippen LogP contribution in [0.1, 0.15) is 20.3 Å². The van der Waals surface area contributed by atoms with Crippen LogP contribution in [0.4, 0.5) is 10.8 Å². The fraction of sp³-hybridized carbons (Fsp3) is 0.333. The summed E-state index contributed by atoms with van der Waals surface area (Å²) in [6, 6.07) is 17.0. The molecule has 2 amide bonds. The number of anilines is 2. The number of nitrogens with zero attached hydrogens (tertiary/aromatic N) is 3. The third-order valence-corrected chi connectivity index (χ3v) is 7.11. The van der Waals surface area contributed by atoms with Crippen LogP contribution >= 0.6 is 23.1 Å². The van der Waals surface area contributed by atoms with Crippen LogP contribution in [-0.4, -0.2) is 47.9 Å². The molecule has 2 unspecified atom stereocenters. The van der Waals surface area contributed by atoms with Crippen molar-refractivity contribution in [3.63, 3.8) is 0 Å². The molecule has 3 aromatic rings. The van der Waals surface area contributed by atoms with Gasteiger partial charge < -0.3 is 10.2 Å². The molecular formula is C24H29N5O2S2. The first-order valence-corrected chi connectivity index (χ1v) is 12.6. The van der Waals surface area contributed by atoms with E-state index in [9.17, 15) is 9.59 Å². The van der Waals surface area contributed by atoms with E-state index in [4.69, 9.17) is 0 Å². The van der Waals surface area contributed by atoms with Gasteiger partial charge in [-0.05, 0) is 42.3 Å². The number of benzene rings is 2. The smallest absolute Gasteiger partial charge is 0.249 e. The first-order valence-electron chi connectivity index (χ1n) is 10.8. The highest BCUT2D eigenvalue weighted by Gasteiger charge is 2.27. The summed E-state index contributed by atoms with van der Waals surface area (Å²) in [5.74, 6) is -0.242. The molecule has 1 aromatic heterocycles. The second kappa shape index (κ2) is 11.8. The van der Waals surface area contributed by atoms with Crippen molar-refractivity contribution in [1.82, 2.24) is 15.5 Å². The summed E-state index contributed by atoms with van der Waals surface area (Å²) in [6.45, 7) is 3.95. The van der Waals surface area contributed by atoms with Crippen LogP contribution in [0.2, 0.25) is 0 Å². The lowest BCUT2D eigenvalue weighted by Crippen LogP contribution is -2.48. The number of aromatic nitrogens is 2. The minimum Gasteiger partial charge on any atom is -0.378 e. The van der Waals surface area contributed by atoms with Crippen molar-refractivity contribution < 1.29 is 9.59 Å². The SMILES string of the molecule is CCC(C)C(NC(=O)CSc1ccccc1)C(=O)Nc1nnc(-c2ccc(N(C)C)cc2)s1. The molecule has 2 aromatic carbocycles. The molecule has 0 aliphatic rings. The molecule has 0 radical (unpaired) electrons. The van der Waals surface area contributed by atoms with Crippen molar-refractivity contribution >= 4 is 45.7 Å². The topological polar surface area (TPSA) is 87.2 Å². The van der Waals surface area contributed by atoms with Crippen molar-refractivity contribution in [3.05, 3.63) is 54.6 Å². The fourth-order valence-corrected chi connectivity index (χ4v) is 4.54. The lowest BCUT2D eigenvalue weighted by molar-refractivity contribution is -0.126. The van der Waals surface area contributed by atoms with E-state index in [1.54, 1.807) is 0 Å². The zero-order valence-electron chi connectivity index (χ0n) is 19.2. The van der Waals surface area contributed by atoms with Gasteiger partial charge in [0.2, 0.25) is 16.9 Å². The first-order chi connectivity index (χ1) is 15.9. The van der Waals surface area contributed by atoms with Gasteiger partial charge in [0.25, 0.3) is 0 Å². The Morgan fingerprint density at radius 1 is 1.06 bits per heavy atom. The monoisotopic (exact) mass is 483 g/mol. The van der Waals surface area contributed by atoms with Gasteiger partial charge in [-0.2, -0.15) is 0 Å². The molecule has 33 heavy (non-hydrogen) atoms. The van der Waals surface area contributed by atoms with Gasteiger partial charge in [0, 0.05) is 30.2 Å². The zero-order valence-corrected chi connectivity index (χ0v) is 20.9. The van der Waals surface area contributed by atoms with Crippen LogP contribution in [-0.2, 0) is 9.59 Å². The average Bonchev–Trinajstić information content (AvgIpc) is 3.29. The Morgan fingerprint density at radius 3 is 2.39 bits per heavy atom. The maximum absolute atomic E-state index is 13.0. The van der Waals surface area contributed by atoms with E-state index in [0.717, 1.165) is 27.6 Å². The second-order valence-corrected chi connectivity index (χ2v) is 9.90. The highest BCUT2D eigenvalue weighted by Crippen LogP contribution is 2.28. The summed E-state index contributed by atoms with van der Waals surface area (Å²) in [4.78, 5) is 28.6. The first kappa shape index (κ1) is 24.7. The van der Waals surface area contributed by atoms with Crippen molar-refractivity contribution in [3.8, 4) is 10.6 Å². The average molecular weight is 484 g/mol. The number of carbonyl (C=O) groups is 2. The van der Waals surface area contributed by atoms with Crippen LogP contribution in [0.25, 0.3) is 10.6 Å². The van der Waals surface area contributed by atoms with Crippen molar-refractivity contribution in [1.29, 1.82) is 0 Å². The van der Waals surface area contributed by atoms with E-state index in [0.29, 0.717) is 5.13 Å². The summed E-state index contributed by atoms with van der Waals surface area (Å²) in [6.07, 6.45) is 0.754. The Bertz CT molecular complexity index is 1050. The minimum atomic E-state index is -0.648. The number of amides is 2. The molecule has 3 rings (SSSR count). The predicted molar refractivity (Wildman–Crippen MR) is 137 cm³/mol. The zero-order chi connectivity index (χ0) is 23.8. The Labute approximate surface area is 203 Å². The molecule has 9 heteroatoms. The van der Waals surface area contributed by atoms with E-state index in [1.807, 2.05) is 87.4 Å². The van der Waals surface area contributed by atoms with E-state index < -0.39 is 6.04 Å². The summed E-state index contributed by atoms with van der Waals surface area (Å²) in [5.41, 5.74) is 2.03. The summed E-state index contributed by atoms with van der Waals surface area (Å²) in [7, 11) is 3.97. The van der Waals surface area contributed by atoms with Crippen LogP contribution in [0.5, 0.6) is 0 Å².